The maximum absolute atomic E-state index is 12.3. The molecule has 0 aliphatic heterocycles. The molecular weight excluding hydrogens is 330 g/mol. The standard InChI is InChI=1S/C20H19NO2S.CH4/c1-4-8-17(5-2)16-21(3)24(22,23)14-13-18-11-12-19-9-6-7-10-20(19)15-18;/h4-12,15H,1-2,16H2,3H3;1H4/b17-8+;. The van der Waals surface area contributed by atoms with E-state index in [9.17, 15) is 8.42 Å². The molecule has 0 aliphatic rings. The maximum Gasteiger partial charge on any atom is 0.283 e. The number of allylic oxidation sites excluding steroid dienone is 2. The van der Waals surface area contributed by atoms with Crippen LogP contribution in [0.25, 0.3) is 10.8 Å². The van der Waals surface area contributed by atoms with Crippen LogP contribution in [0.15, 0.2) is 79.4 Å². The fourth-order valence-corrected chi connectivity index (χ4v) is 2.87. The maximum atomic E-state index is 12.3. The molecule has 130 valence electrons. The molecule has 2 aromatic carbocycles. The number of fused-ring (bicyclic) bond motifs is 1. The van der Waals surface area contributed by atoms with E-state index in [0.717, 1.165) is 16.3 Å². The molecule has 25 heavy (non-hydrogen) atoms. The molecule has 0 fully saturated rings. The molecule has 2 aromatic rings. The summed E-state index contributed by atoms with van der Waals surface area (Å²) < 4.78 is 25.8. The zero-order valence-electron chi connectivity index (χ0n) is 13.6. The van der Waals surface area contributed by atoms with Gasteiger partial charge in [-0.2, -0.15) is 12.7 Å². The van der Waals surface area contributed by atoms with E-state index in [1.54, 1.807) is 18.2 Å². The first-order chi connectivity index (χ1) is 11.5. The lowest BCUT2D eigenvalue weighted by Crippen LogP contribution is -2.27. The normalized spacial score (nSPS) is 11.4. The van der Waals surface area contributed by atoms with E-state index >= 15 is 0 Å². The van der Waals surface area contributed by atoms with E-state index in [4.69, 9.17) is 0 Å². The van der Waals surface area contributed by atoms with Gasteiger partial charge in [0, 0.05) is 24.4 Å². The minimum atomic E-state index is -3.69. The van der Waals surface area contributed by atoms with Crippen LogP contribution in [0.5, 0.6) is 0 Å². The molecule has 0 aromatic heterocycles. The van der Waals surface area contributed by atoms with Gasteiger partial charge in [0.05, 0.1) is 0 Å². The molecular formula is C21H23NO2S. The highest BCUT2D eigenvalue weighted by atomic mass is 32.2. The lowest BCUT2D eigenvalue weighted by molar-refractivity contribution is 0.506. The number of likely N-dealkylation sites (N-methyl/N-ethyl adjacent to an activating group) is 1. The van der Waals surface area contributed by atoms with Gasteiger partial charge in [-0.15, -0.1) is 0 Å². The molecule has 0 saturated heterocycles. The molecule has 0 amide bonds. The smallest absolute Gasteiger partial charge is 0.198 e. The first kappa shape index (κ1) is 20.4. The number of hydrogen-bond donors (Lipinski definition) is 0. The van der Waals surface area contributed by atoms with Gasteiger partial charge in [0.25, 0.3) is 10.0 Å². The minimum Gasteiger partial charge on any atom is -0.198 e. The van der Waals surface area contributed by atoms with Gasteiger partial charge < -0.3 is 0 Å². The van der Waals surface area contributed by atoms with Gasteiger partial charge in [0.2, 0.25) is 0 Å². The van der Waals surface area contributed by atoms with Crippen molar-refractivity contribution in [2.75, 3.05) is 13.6 Å². The number of benzene rings is 2. The summed E-state index contributed by atoms with van der Waals surface area (Å²) in [4.78, 5) is 0. The fraction of sp³-hybridized carbons (Fsp3) is 0.143. The average molecular weight is 353 g/mol. The summed E-state index contributed by atoms with van der Waals surface area (Å²) in [5.41, 5.74) is 1.42. The summed E-state index contributed by atoms with van der Waals surface area (Å²) in [6.45, 7) is 7.46. The van der Waals surface area contributed by atoms with Gasteiger partial charge in [0.15, 0.2) is 0 Å². The van der Waals surface area contributed by atoms with Gasteiger partial charge in [-0.3, -0.25) is 0 Å². The van der Waals surface area contributed by atoms with Crippen LogP contribution < -0.4 is 0 Å². The van der Waals surface area contributed by atoms with E-state index in [1.807, 2.05) is 42.5 Å². The second-order valence-corrected chi connectivity index (χ2v) is 7.01. The molecule has 0 heterocycles. The number of hydrogen-bond acceptors (Lipinski definition) is 2. The lowest BCUT2D eigenvalue weighted by Gasteiger charge is -2.13. The van der Waals surface area contributed by atoms with Crippen LogP contribution >= 0.6 is 0 Å². The molecule has 4 heteroatoms. The van der Waals surface area contributed by atoms with Crippen molar-refractivity contribution in [1.82, 2.24) is 4.31 Å². The Morgan fingerprint density at radius 1 is 1.16 bits per heavy atom. The SMILES string of the molecule is C.C=C/C=C(\C=C)CN(C)S(=O)(=O)C#Cc1ccc2ccccc2c1. The highest BCUT2D eigenvalue weighted by molar-refractivity contribution is 7.93. The summed E-state index contributed by atoms with van der Waals surface area (Å²) in [7, 11) is -2.20. The number of nitrogens with zero attached hydrogens (tertiary/aromatic N) is 1. The van der Waals surface area contributed by atoms with Crippen LogP contribution in [0, 0.1) is 11.2 Å². The van der Waals surface area contributed by atoms with Crippen molar-refractivity contribution < 1.29 is 8.42 Å². The van der Waals surface area contributed by atoms with Crippen LogP contribution in [0.4, 0.5) is 0 Å². The van der Waals surface area contributed by atoms with E-state index in [2.05, 4.69) is 24.3 Å². The van der Waals surface area contributed by atoms with Crippen LogP contribution in [-0.2, 0) is 10.0 Å². The summed E-state index contributed by atoms with van der Waals surface area (Å²) >= 11 is 0. The van der Waals surface area contributed by atoms with Gasteiger partial charge in [-0.05, 0) is 34.4 Å². The topological polar surface area (TPSA) is 37.4 Å². The third kappa shape index (κ3) is 5.46. The Kier molecular flexibility index (Phi) is 7.38. The predicted octanol–water partition coefficient (Wildman–Crippen LogP) is 4.34. The average Bonchev–Trinajstić information content (AvgIpc) is 2.59. The quantitative estimate of drug-likeness (QED) is 0.592. The Balaban J connectivity index is 0.00000312. The molecule has 0 atom stereocenters. The molecule has 0 N–H and O–H groups in total. The predicted molar refractivity (Wildman–Crippen MR) is 108 cm³/mol. The van der Waals surface area contributed by atoms with Crippen molar-refractivity contribution in [3.8, 4) is 11.2 Å². The van der Waals surface area contributed by atoms with Gasteiger partial charge in [-0.1, -0.05) is 69.1 Å². The molecule has 0 aliphatic carbocycles. The Labute approximate surface area is 151 Å². The Morgan fingerprint density at radius 2 is 1.84 bits per heavy atom. The molecule has 0 saturated carbocycles. The van der Waals surface area contributed by atoms with Gasteiger partial charge in [-0.25, -0.2) is 0 Å². The Hall–Kier alpha value is -2.61. The van der Waals surface area contributed by atoms with Crippen molar-refractivity contribution in [3.63, 3.8) is 0 Å². The van der Waals surface area contributed by atoms with Crippen molar-refractivity contribution in [2.45, 2.75) is 7.43 Å². The molecule has 2 rings (SSSR count). The monoisotopic (exact) mass is 353 g/mol. The van der Waals surface area contributed by atoms with E-state index < -0.39 is 10.0 Å². The Bertz CT molecular complexity index is 960. The van der Waals surface area contributed by atoms with E-state index in [0.29, 0.717) is 5.56 Å². The number of sulfonamides is 1. The Morgan fingerprint density at radius 3 is 2.48 bits per heavy atom. The van der Waals surface area contributed by atoms with Gasteiger partial charge >= 0.3 is 0 Å². The van der Waals surface area contributed by atoms with Crippen LogP contribution in [-0.4, -0.2) is 26.3 Å². The first-order valence-electron chi connectivity index (χ1n) is 7.38. The summed E-state index contributed by atoms with van der Waals surface area (Å²) in [5, 5.41) is 4.49. The van der Waals surface area contributed by atoms with Crippen molar-refractivity contribution in [2.24, 2.45) is 0 Å². The largest absolute Gasteiger partial charge is 0.283 e. The van der Waals surface area contributed by atoms with Crippen LogP contribution in [0.2, 0.25) is 0 Å². The zero-order chi connectivity index (χ0) is 17.6. The van der Waals surface area contributed by atoms with Crippen molar-refractivity contribution in [3.05, 3.63) is 85.0 Å². The third-order valence-electron chi connectivity index (χ3n) is 3.48. The summed E-state index contributed by atoms with van der Waals surface area (Å²) in [5.74, 6) is 2.74. The van der Waals surface area contributed by atoms with Crippen molar-refractivity contribution >= 4 is 20.8 Å². The molecule has 0 radical (unpaired) electrons. The van der Waals surface area contributed by atoms with Crippen LogP contribution in [0.3, 0.4) is 0 Å². The number of rotatable bonds is 5. The van der Waals surface area contributed by atoms with E-state index in [1.165, 1.54) is 11.4 Å². The molecule has 0 unspecified atom stereocenters. The van der Waals surface area contributed by atoms with Crippen molar-refractivity contribution in [1.29, 1.82) is 0 Å². The lowest BCUT2D eigenvalue weighted by atomic mass is 10.1. The molecule has 0 spiro atoms. The molecule has 3 nitrogen and oxygen atoms in total. The summed E-state index contributed by atoms with van der Waals surface area (Å²) in [6, 6.07) is 13.5. The van der Waals surface area contributed by atoms with Crippen LogP contribution in [0.1, 0.15) is 13.0 Å². The summed E-state index contributed by atoms with van der Waals surface area (Å²) in [6.07, 6.45) is 4.92. The zero-order valence-corrected chi connectivity index (χ0v) is 14.4. The third-order valence-corrected chi connectivity index (χ3v) is 4.79. The van der Waals surface area contributed by atoms with E-state index in [-0.39, 0.29) is 14.0 Å². The second-order valence-electron chi connectivity index (χ2n) is 5.23. The highest BCUT2D eigenvalue weighted by Gasteiger charge is 2.15. The minimum absolute atomic E-state index is 0. The fourth-order valence-electron chi connectivity index (χ4n) is 2.15. The first-order valence-corrected chi connectivity index (χ1v) is 8.82. The molecule has 0 bridgehead atoms. The second kappa shape index (κ2) is 9.03. The van der Waals surface area contributed by atoms with Gasteiger partial charge in [0.1, 0.15) is 0 Å². The highest BCUT2D eigenvalue weighted by Crippen LogP contribution is 2.15.